The van der Waals surface area contributed by atoms with Gasteiger partial charge < -0.3 is 0 Å². The molecule has 14 heavy (non-hydrogen) atoms. The van der Waals surface area contributed by atoms with E-state index in [0.29, 0.717) is 12.1 Å². The normalized spacial score (nSPS) is 10.0. The first-order valence-electron chi connectivity index (χ1n) is 4.27. The van der Waals surface area contributed by atoms with Crippen molar-refractivity contribution in [2.45, 2.75) is 6.42 Å². The molecule has 0 spiro atoms. The first-order chi connectivity index (χ1) is 6.90. The molecule has 1 N–H and O–H groups in total. The average Bonchev–Trinajstić information content (AvgIpc) is 2.67. The van der Waals surface area contributed by atoms with Crippen molar-refractivity contribution >= 4 is 6.29 Å². The Balaban J connectivity index is 2.23. The van der Waals surface area contributed by atoms with Gasteiger partial charge >= 0.3 is 0 Å². The summed E-state index contributed by atoms with van der Waals surface area (Å²) in [6, 6.07) is 5.70. The van der Waals surface area contributed by atoms with Gasteiger partial charge in [-0.15, -0.1) is 0 Å². The second-order valence-corrected chi connectivity index (χ2v) is 2.92. The zero-order valence-corrected chi connectivity index (χ0v) is 7.47. The first kappa shape index (κ1) is 8.62. The van der Waals surface area contributed by atoms with Crippen molar-refractivity contribution in [3.05, 3.63) is 47.5 Å². The third-order valence-corrected chi connectivity index (χ3v) is 1.97. The molecule has 0 aromatic carbocycles. The van der Waals surface area contributed by atoms with Gasteiger partial charge in [0, 0.05) is 23.9 Å². The van der Waals surface area contributed by atoms with E-state index in [1.165, 1.54) is 0 Å². The third-order valence-electron chi connectivity index (χ3n) is 1.97. The van der Waals surface area contributed by atoms with Crippen LogP contribution in [0.4, 0.5) is 0 Å². The van der Waals surface area contributed by atoms with Crippen molar-refractivity contribution in [2.75, 3.05) is 0 Å². The monoisotopic (exact) mass is 187 g/mol. The molecule has 0 aliphatic rings. The average molecular weight is 187 g/mol. The summed E-state index contributed by atoms with van der Waals surface area (Å²) in [7, 11) is 0. The Kier molecular flexibility index (Phi) is 2.36. The van der Waals surface area contributed by atoms with Gasteiger partial charge in [-0.05, 0) is 12.1 Å². The van der Waals surface area contributed by atoms with Gasteiger partial charge in [0.2, 0.25) is 0 Å². The van der Waals surface area contributed by atoms with Crippen LogP contribution in [0, 0.1) is 0 Å². The summed E-state index contributed by atoms with van der Waals surface area (Å²) < 4.78 is 0. The van der Waals surface area contributed by atoms with Crippen LogP contribution in [0.5, 0.6) is 0 Å². The number of aromatic nitrogens is 3. The molecule has 0 aliphatic carbocycles. The van der Waals surface area contributed by atoms with Crippen LogP contribution in [-0.2, 0) is 6.42 Å². The van der Waals surface area contributed by atoms with Crippen LogP contribution >= 0.6 is 0 Å². The number of hydrogen-bond donors (Lipinski definition) is 1. The molecule has 2 rings (SSSR count). The highest BCUT2D eigenvalue weighted by atomic mass is 16.1. The number of aldehydes is 1. The summed E-state index contributed by atoms with van der Waals surface area (Å²) in [5, 5.41) is 6.43. The molecule has 2 heterocycles. The van der Waals surface area contributed by atoms with Crippen molar-refractivity contribution < 1.29 is 4.79 Å². The van der Waals surface area contributed by atoms with Crippen LogP contribution in [0.1, 0.15) is 21.7 Å². The SMILES string of the molecule is O=Cc1[nH]ncc1Cc1ccccn1. The molecule has 0 bridgehead atoms. The molecule has 0 atom stereocenters. The van der Waals surface area contributed by atoms with Gasteiger partial charge in [0.05, 0.1) is 6.20 Å². The summed E-state index contributed by atoms with van der Waals surface area (Å²) in [5.74, 6) is 0. The Labute approximate surface area is 81.0 Å². The molecular weight excluding hydrogens is 178 g/mol. The zero-order valence-electron chi connectivity index (χ0n) is 7.47. The van der Waals surface area contributed by atoms with Gasteiger partial charge in [0.1, 0.15) is 5.69 Å². The minimum Gasteiger partial charge on any atom is -0.296 e. The van der Waals surface area contributed by atoms with E-state index in [-0.39, 0.29) is 0 Å². The number of H-pyrrole nitrogens is 1. The van der Waals surface area contributed by atoms with E-state index in [1.54, 1.807) is 12.4 Å². The number of rotatable bonds is 3. The van der Waals surface area contributed by atoms with Gasteiger partial charge in [-0.3, -0.25) is 14.9 Å². The second kappa shape index (κ2) is 3.83. The van der Waals surface area contributed by atoms with Crippen molar-refractivity contribution in [1.29, 1.82) is 0 Å². The Hall–Kier alpha value is -1.97. The smallest absolute Gasteiger partial charge is 0.168 e. The zero-order chi connectivity index (χ0) is 9.80. The maximum Gasteiger partial charge on any atom is 0.168 e. The van der Waals surface area contributed by atoms with Crippen LogP contribution in [0.25, 0.3) is 0 Å². The quantitative estimate of drug-likeness (QED) is 0.734. The molecule has 2 aromatic rings. The van der Waals surface area contributed by atoms with E-state index >= 15 is 0 Å². The molecule has 4 nitrogen and oxygen atoms in total. The van der Waals surface area contributed by atoms with Crippen molar-refractivity contribution in [3.8, 4) is 0 Å². The number of carbonyl (C=O) groups excluding carboxylic acids is 1. The predicted octanol–water partition coefficient (Wildman–Crippen LogP) is 1.21. The highest BCUT2D eigenvalue weighted by Gasteiger charge is 2.04. The largest absolute Gasteiger partial charge is 0.296 e. The van der Waals surface area contributed by atoms with E-state index < -0.39 is 0 Å². The highest BCUT2D eigenvalue weighted by molar-refractivity contribution is 5.74. The standard InChI is InChI=1S/C10H9N3O/c14-7-10-8(6-12-13-10)5-9-3-1-2-4-11-9/h1-4,6-7H,5H2,(H,12,13). The number of carbonyl (C=O) groups is 1. The summed E-state index contributed by atoms with van der Waals surface area (Å²) in [5.41, 5.74) is 2.33. The Bertz CT molecular complexity index is 422. The van der Waals surface area contributed by atoms with Crippen molar-refractivity contribution in [3.63, 3.8) is 0 Å². The topological polar surface area (TPSA) is 58.6 Å². The number of nitrogens with zero attached hydrogens (tertiary/aromatic N) is 2. The fourth-order valence-corrected chi connectivity index (χ4v) is 1.26. The van der Waals surface area contributed by atoms with Crippen molar-refractivity contribution in [2.24, 2.45) is 0 Å². The van der Waals surface area contributed by atoms with Gasteiger partial charge in [0.15, 0.2) is 6.29 Å². The lowest BCUT2D eigenvalue weighted by Crippen LogP contribution is -1.93. The van der Waals surface area contributed by atoms with Crippen LogP contribution in [0.3, 0.4) is 0 Å². The summed E-state index contributed by atoms with van der Waals surface area (Å²) in [6.45, 7) is 0. The number of aromatic amines is 1. The fraction of sp³-hybridized carbons (Fsp3) is 0.100. The molecule has 70 valence electrons. The summed E-state index contributed by atoms with van der Waals surface area (Å²) in [4.78, 5) is 14.8. The van der Waals surface area contributed by atoms with Crippen LogP contribution in [-0.4, -0.2) is 21.5 Å². The fourth-order valence-electron chi connectivity index (χ4n) is 1.26. The first-order valence-corrected chi connectivity index (χ1v) is 4.27. The van der Waals surface area contributed by atoms with E-state index in [1.807, 2.05) is 18.2 Å². The predicted molar refractivity (Wildman–Crippen MR) is 51.0 cm³/mol. The van der Waals surface area contributed by atoms with Crippen molar-refractivity contribution in [1.82, 2.24) is 15.2 Å². The lowest BCUT2D eigenvalue weighted by molar-refractivity contribution is 0.111. The minimum atomic E-state index is 0.524. The molecule has 4 heteroatoms. The molecule has 0 amide bonds. The Morgan fingerprint density at radius 1 is 1.43 bits per heavy atom. The number of hydrogen-bond acceptors (Lipinski definition) is 3. The molecular formula is C10H9N3O. The maximum atomic E-state index is 10.6. The molecule has 2 aromatic heterocycles. The second-order valence-electron chi connectivity index (χ2n) is 2.92. The van der Waals surface area contributed by atoms with Crippen LogP contribution < -0.4 is 0 Å². The van der Waals surface area contributed by atoms with Gasteiger partial charge in [0.25, 0.3) is 0 Å². The maximum absolute atomic E-state index is 10.6. The lowest BCUT2D eigenvalue weighted by Gasteiger charge is -1.97. The van der Waals surface area contributed by atoms with Crippen LogP contribution in [0.15, 0.2) is 30.6 Å². The lowest BCUT2D eigenvalue weighted by atomic mass is 10.1. The molecule has 0 saturated carbocycles. The van der Waals surface area contributed by atoms with E-state index in [2.05, 4.69) is 15.2 Å². The minimum absolute atomic E-state index is 0.524. The van der Waals surface area contributed by atoms with Gasteiger partial charge in [-0.25, -0.2) is 0 Å². The third kappa shape index (κ3) is 1.69. The van der Waals surface area contributed by atoms with Crippen LogP contribution in [0.2, 0.25) is 0 Å². The molecule has 0 fully saturated rings. The molecule has 0 unspecified atom stereocenters. The Morgan fingerprint density at radius 3 is 3.07 bits per heavy atom. The molecule has 0 radical (unpaired) electrons. The number of pyridine rings is 1. The molecule has 0 aliphatic heterocycles. The van der Waals surface area contributed by atoms with E-state index in [9.17, 15) is 4.79 Å². The molecule has 0 saturated heterocycles. The highest BCUT2D eigenvalue weighted by Crippen LogP contribution is 2.07. The van der Waals surface area contributed by atoms with E-state index in [4.69, 9.17) is 0 Å². The van der Waals surface area contributed by atoms with E-state index in [0.717, 1.165) is 17.5 Å². The summed E-state index contributed by atoms with van der Waals surface area (Å²) >= 11 is 0. The Morgan fingerprint density at radius 2 is 2.36 bits per heavy atom. The summed E-state index contributed by atoms with van der Waals surface area (Å²) in [6.07, 6.45) is 4.78. The van der Waals surface area contributed by atoms with Gasteiger partial charge in [-0.2, -0.15) is 5.10 Å². The number of nitrogens with one attached hydrogen (secondary N) is 1. The van der Waals surface area contributed by atoms with Gasteiger partial charge in [-0.1, -0.05) is 6.07 Å².